The molecule has 0 radical (unpaired) electrons. The van der Waals surface area contributed by atoms with Crippen molar-refractivity contribution in [3.8, 4) is 6.07 Å². The van der Waals surface area contributed by atoms with Crippen molar-refractivity contribution < 1.29 is 13.2 Å². The van der Waals surface area contributed by atoms with Gasteiger partial charge in [0.2, 0.25) is 0 Å². The van der Waals surface area contributed by atoms with Crippen LogP contribution in [0.5, 0.6) is 0 Å². The quantitative estimate of drug-likeness (QED) is 0.653. The molecule has 3 nitrogen and oxygen atoms in total. The molecule has 1 saturated heterocycles. The van der Waals surface area contributed by atoms with E-state index in [1.165, 1.54) is 6.07 Å². The topological polar surface area (TPSA) is 39.1 Å². The van der Waals surface area contributed by atoms with Gasteiger partial charge in [-0.3, -0.25) is 4.90 Å². The van der Waals surface area contributed by atoms with Crippen LogP contribution in [-0.2, 0) is 0 Å². The van der Waals surface area contributed by atoms with Crippen LogP contribution in [0.1, 0.15) is 0 Å². The van der Waals surface area contributed by atoms with E-state index in [-0.39, 0.29) is 13.1 Å². The van der Waals surface area contributed by atoms with Crippen LogP contribution >= 0.6 is 0 Å². The molecule has 0 amide bonds. The lowest BCUT2D eigenvalue weighted by Gasteiger charge is -2.31. The average molecular weight is 193 g/mol. The summed E-state index contributed by atoms with van der Waals surface area (Å²) in [7, 11) is 0. The smallest absolute Gasteiger partial charge is 0.314 e. The largest absolute Gasteiger partial charge is 0.417 e. The lowest BCUT2D eigenvalue weighted by Crippen LogP contribution is -2.53. The molecule has 6 heteroatoms. The van der Waals surface area contributed by atoms with Gasteiger partial charge in [-0.25, -0.2) is 0 Å². The minimum Gasteiger partial charge on any atom is -0.314 e. The molecule has 13 heavy (non-hydrogen) atoms. The number of rotatable bonds is 1. The van der Waals surface area contributed by atoms with E-state index in [1.54, 1.807) is 0 Å². The maximum Gasteiger partial charge on any atom is 0.417 e. The van der Waals surface area contributed by atoms with Crippen LogP contribution in [0.2, 0.25) is 0 Å². The van der Waals surface area contributed by atoms with Crippen LogP contribution in [0.15, 0.2) is 0 Å². The summed E-state index contributed by atoms with van der Waals surface area (Å²) in [5, 5.41) is 11.3. The molecular weight excluding hydrogens is 183 g/mol. The van der Waals surface area contributed by atoms with Crippen molar-refractivity contribution in [3.63, 3.8) is 0 Å². The van der Waals surface area contributed by atoms with Gasteiger partial charge in [0, 0.05) is 26.2 Å². The number of piperazine rings is 1. The van der Waals surface area contributed by atoms with Crippen molar-refractivity contribution in [2.24, 2.45) is 0 Å². The second-order valence-corrected chi connectivity index (χ2v) is 2.86. The zero-order valence-corrected chi connectivity index (χ0v) is 6.93. The van der Waals surface area contributed by atoms with Crippen molar-refractivity contribution in [2.75, 3.05) is 26.2 Å². The van der Waals surface area contributed by atoms with E-state index < -0.39 is 12.2 Å². The van der Waals surface area contributed by atoms with Crippen molar-refractivity contribution in [1.29, 1.82) is 5.26 Å². The van der Waals surface area contributed by atoms with Gasteiger partial charge >= 0.3 is 6.18 Å². The lowest BCUT2D eigenvalue weighted by molar-refractivity contribution is -0.169. The van der Waals surface area contributed by atoms with Crippen molar-refractivity contribution >= 4 is 0 Å². The summed E-state index contributed by atoms with van der Waals surface area (Å²) in [4.78, 5) is 1.15. The highest BCUT2D eigenvalue weighted by Gasteiger charge is 2.44. The maximum absolute atomic E-state index is 12.2. The Morgan fingerprint density at radius 2 is 1.85 bits per heavy atom. The highest BCUT2D eigenvalue weighted by molar-refractivity contribution is 4.98. The second kappa shape index (κ2) is 3.94. The Balaban J connectivity index is 2.61. The number of nitriles is 1. The molecule has 0 bridgehead atoms. The van der Waals surface area contributed by atoms with Gasteiger partial charge in [-0.05, 0) is 0 Å². The summed E-state index contributed by atoms with van der Waals surface area (Å²) in [5.74, 6) is 0. The van der Waals surface area contributed by atoms with Crippen LogP contribution in [0.3, 0.4) is 0 Å². The van der Waals surface area contributed by atoms with E-state index in [2.05, 4.69) is 5.32 Å². The SMILES string of the molecule is N#CC(N1CCNCC1)C(F)(F)F. The molecule has 1 heterocycles. The van der Waals surface area contributed by atoms with Crippen molar-refractivity contribution in [2.45, 2.75) is 12.2 Å². The summed E-state index contributed by atoms with van der Waals surface area (Å²) in [6, 6.07) is -0.665. The van der Waals surface area contributed by atoms with E-state index in [0.717, 1.165) is 4.90 Å². The fourth-order valence-electron chi connectivity index (χ4n) is 1.30. The predicted molar refractivity (Wildman–Crippen MR) is 39.9 cm³/mol. The molecule has 1 fully saturated rings. The first-order chi connectivity index (χ1) is 6.05. The van der Waals surface area contributed by atoms with Gasteiger partial charge in [-0.15, -0.1) is 0 Å². The Hall–Kier alpha value is -0.800. The van der Waals surface area contributed by atoms with Gasteiger partial charge in [0.15, 0.2) is 6.04 Å². The second-order valence-electron chi connectivity index (χ2n) is 2.86. The number of nitrogens with one attached hydrogen (secondary N) is 1. The highest BCUT2D eigenvalue weighted by Crippen LogP contribution is 2.24. The Morgan fingerprint density at radius 3 is 2.23 bits per heavy atom. The van der Waals surface area contributed by atoms with E-state index >= 15 is 0 Å². The highest BCUT2D eigenvalue weighted by atomic mass is 19.4. The Labute approximate surface area is 74.1 Å². The van der Waals surface area contributed by atoms with Crippen molar-refractivity contribution in [3.05, 3.63) is 0 Å². The molecule has 1 aliphatic heterocycles. The molecule has 0 spiro atoms. The summed E-state index contributed by atoms with van der Waals surface area (Å²) in [5.41, 5.74) is 0. The molecule has 74 valence electrons. The Bertz CT molecular complexity index is 202. The van der Waals surface area contributed by atoms with E-state index in [0.29, 0.717) is 13.1 Å². The first-order valence-corrected chi connectivity index (χ1v) is 3.97. The molecule has 0 aromatic carbocycles. The summed E-state index contributed by atoms with van der Waals surface area (Å²) in [6.45, 7) is 1.57. The molecule has 0 aromatic heterocycles. The number of hydrogen-bond acceptors (Lipinski definition) is 3. The molecular formula is C7H10F3N3. The van der Waals surface area contributed by atoms with E-state index in [1.807, 2.05) is 0 Å². The zero-order valence-electron chi connectivity index (χ0n) is 6.93. The van der Waals surface area contributed by atoms with Crippen molar-refractivity contribution in [1.82, 2.24) is 10.2 Å². The van der Waals surface area contributed by atoms with Gasteiger partial charge in [-0.1, -0.05) is 0 Å². The minimum atomic E-state index is -4.44. The standard InChI is InChI=1S/C7H10F3N3/c8-7(9,10)6(5-11)13-3-1-12-2-4-13/h6,12H,1-4H2. The number of hydrogen-bond donors (Lipinski definition) is 1. The first kappa shape index (κ1) is 10.3. The first-order valence-electron chi connectivity index (χ1n) is 3.97. The predicted octanol–water partition coefficient (Wildman–Crippen LogP) is 0.346. The molecule has 1 N–H and O–H groups in total. The third-order valence-corrected chi connectivity index (χ3v) is 1.95. The third kappa shape index (κ3) is 2.57. The maximum atomic E-state index is 12.2. The van der Waals surface area contributed by atoms with Crippen LogP contribution in [-0.4, -0.2) is 43.3 Å². The number of alkyl halides is 3. The molecule has 1 unspecified atom stereocenters. The van der Waals surface area contributed by atoms with Gasteiger partial charge in [-0.2, -0.15) is 18.4 Å². The van der Waals surface area contributed by atoms with E-state index in [9.17, 15) is 13.2 Å². The minimum absolute atomic E-state index is 0.276. The third-order valence-electron chi connectivity index (χ3n) is 1.95. The van der Waals surface area contributed by atoms with Gasteiger partial charge in [0.25, 0.3) is 0 Å². The van der Waals surface area contributed by atoms with Crippen LogP contribution in [0, 0.1) is 11.3 Å². The molecule has 1 rings (SSSR count). The van der Waals surface area contributed by atoms with Crippen LogP contribution in [0.4, 0.5) is 13.2 Å². The van der Waals surface area contributed by atoms with Gasteiger partial charge < -0.3 is 5.32 Å². The zero-order chi connectivity index (χ0) is 9.90. The summed E-state index contributed by atoms with van der Waals surface area (Å²) >= 11 is 0. The lowest BCUT2D eigenvalue weighted by atomic mass is 10.2. The monoisotopic (exact) mass is 193 g/mol. The Morgan fingerprint density at radius 1 is 1.31 bits per heavy atom. The molecule has 0 saturated carbocycles. The summed E-state index contributed by atoms with van der Waals surface area (Å²) in [6.07, 6.45) is -4.44. The van der Waals surface area contributed by atoms with Gasteiger partial charge in [0.05, 0.1) is 6.07 Å². The number of nitrogens with zero attached hydrogens (tertiary/aromatic N) is 2. The van der Waals surface area contributed by atoms with Crippen LogP contribution in [0.25, 0.3) is 0 Å². The Kier molecular flexibility index (Phi) is 3.12. The fraction of sp³-hybridized carbons (Fsp3) is 0.857. The molecule has 0 aromatic rings. The molecule has 1 atom stereocenters. The van der Waals surface area contributed by atoms with Gasteiger partial charge in [0.1, 0.15) is 0 Å². The normalized spacial score (nSPS) is 22.3. The van der Waals surface area contributed by atoms with Crippen LogP contribution < -0.4 is 5.32 Å². The fourth-order valence-corrected chi connectivity index (χ4v) is 1.30. The molecule has 0 aliphatic carbocycles. The average Bonchev–Trinajstić information content (AvgIpc) is 2.05. The van der Waals surface area contributed by atoms with E-state index in [4.69, 9.17) is 5.26 Å². The molecule has 1 aliphatic rings. The summed E-state index contributed by atoms with van der Waals surface area (Å²) < 4.78 is 36.7. The number of halogens is 3.